The number of aromatic nitrogens is 4. The highest BCUT2D eigenvalue weighted by Gasteiger charge is 2.21. The van der Waals surface area contributed by atoms with Crippen LogP contribution in [0.4, 0.5) is 23.3 Å². The molecular formula is C46H54Cl2N14O3. The fraction of sp³-hybridized carbons (Fsp3) is 0.348. The van der Waals surface area contributed by atoms with E-state index < -0.39 is 0 Å². The van der Waals surface area contributed by atoms with E-state index in [2.05, 4.69) is 73.8 Å². The Hall–Kier alpha value is -5.92. The van der Waals surface area contributed by atoms with E-state index in [1.165, 1.54) is 0 Å². The van der Waals surface area contributed by atoms with Gasteiger partial charge in [-0.1, -0.05) is 47.5 Å². The van der Waals surface area contributed by atoms with Gasteiger partial charge in [-0.25, -0.2) is 19.9 Å². The van der Waals surface area contributed by atoms with Crippen LogP contribution < -0.4 is 32.7 Å². The SMILES string of the molecule is NC(N)=Nc1nc(-c2cccc(N3CCN(CCOCCOCCOCCN4CCN(c5cccc(-c6nc(N=C(N)N)nc7ccc(Cl)cc67)c5)CC4)CC3)c2)c2cc(Cl)ccc2n1. The van der Waals surface area contributed by atoms with E-state index in [0.29, 0.717) is 60.7 Å². The zero-order chi connectivity index (χ0) is 45.1. The molecule has 2 fully saturated rings. The van der Waals surface area contributed by atoms with Gasteiger partial charge in [0.2, 0.25) is 0 Å². The number of hydrogen-bond donors (Lipinski definition) is 4. The summed E-state index contributed by atoms with van der Waals surface area (Å²) in [5, 5.41) is 2.86. The van der Waals surface area contributed by atoms with E-state index in [9.17, 15) is 0 Å². The first kappa shape index (κ1) is 45.6. The molecule has 0 bridgehead atoms. The van der Waals surface area contributed by atoms with Crippen molar-refractivity contribution in [1.29, 1.82) is 0 Å². The van der Waals surface area contributed by atoms with Crippen molar-refractivity contribution in [3.8, 4) is 22.5 Å². The van der Waals surface area contributed by atoms with Crippen LogP contribution in [0.5, 0.6) is 0 Å². The maximum Gasteiger partial charge on any atom is 0.253 e. The normalized spacial score (nSPS) is 14.9. The van der Waals surface area contributed by atoms with Crippen molar-refractivity contribution in [2.45, 2.75) is 0 Å². The smallest absolute Gasteiger partial charge is 0.253 e. The first-order valence-electron chi connectivity index (χ1n) is 21.7. The summed E-state index contributed by atoms with van der Waals surface area (Å²) in [6.45, 7) is 12.6. The van der Waals surface area contributed by atoms with Crippen LogP contribution in [-0.4, -0.2) is 147 Å². The number of hydrogen-bond acceptors (Lipinski definition) is 13. The number of aliphatic imine (C=N–C) groups is 2. The van der Waals surface area contributed by atoms with Gasteiger partial charge < -0.3 is 46.9 Å². The van der Waals surface area contributed by atoms with E-state index in [-0.39, 0.29) is 23.8 Å². The van der Waals surface area contributed by atoms with E-state index in [1.54, 1.807) is 12.1 Å². The minimum atomic E-state index is -0.101. The molecule has 2 aromatic heterocycles. The number of guanidine groups is 2. The summed E-state index contributed by atoms with van der Waals surface area (Å²) in [6, 6.07) is 27.7. The molecule has 0 atom stereocenters. The molecule has 2 aliphatic rings. The highest BCUT2D eigenvalue weighted by Crippen LogP contribution is 2.34. The Morgan fingerprint density at radius 2 is 0.892 bits per heavy atom. The molecule has 19 heteroatoms. The largest absolute Gasteiger partial charge is 0.378 e. The molecule has 8 N–H and O–H groups in total. The van der Waals surface area contributed by atoms with E-state index in [1.807, 2.05) is 48.5 Å². The molecule has 4 aromatic carbocycles. The number of fused-ring (bicyclic) bond motifs is 2. The third-order valence-electron chi connectivity index (χ3n) is 11.3. The zero-order valence-electron chi connectivity index (χ0n) is 36.2. The number of rotatable bonds is 18. The molecule has 0 unspecified atom stereocenters. The van der Waals surface area contributed by atoms with Gasteiger partial charge >= 0.3 is 0 Å². The molecule has 0 spiro atoms. The number of nitrogens with zero attached hydrogens (tertiary/aromatic N) is 10. The van der Waals surface area contributed by atoms with Gasteiger partial charge in [-0.3, -0.25) is 9.80 Å². The van der Waals surface area contributed by atoms with Gasteiger partial charge in [-0.05, 0) is 60.7 Å². The molecular weight excluding hydrogens is 868 g/mol. The first-order chi connectivity index (χ1) is 31.6. The lowest BCUT2D eigenvalue weighted by molar-refractivity contribution is 0.00677. The minimum Gasteiger partial charge on any atom is -0.378 e. The van der Waals surface area contributed by atoms with Crippen LogP contribution in [0.3, 0.4) is 0 Å². The zero-order valence-corrected chi connectivity index (χ0v) is 37.7. The van der Waals surface area contributed by atoms with Gasteiger partial charge in [-0.15, -0.1) is 0 Å². The molecule has 2 aliphatic heterocycles. The van der Waals surface area contributed by atoms with Crippen molar-refractivity contribution >= 4 is 80.2 Å². The average Bonchev–Trinajstić information content (AvgIpc) is 3.30. The predicted molar refractivity (Wildman–Crippen MR) is 261 cm³/mol. The first-order valence-corrected chi connectivity index (χ1v) is 22.4. The monoisotopic (exact) mass is 920 g/mol. The maximum absolute atomic E-state index is 6.36. The lowest BCUT2D eigenvalue weighted by Crippen LogP contribution is -2.47. The van der Waals surface area contributed by atoms with Gasteiger partial charge in [0.1, 0.15) is 0 Å². The summed E-state index contributed by atoms with van der Waals surface area (Å²) in [7, 11) is 0. The highest BCUT2D eigenvalue weighted by atomic mass is 35.5. The van der Waals surface area contributed by atoms with E-state index in [0.717, 1.165) is 110 Å². The average molecular weight is 922 g/mol. The van der Waals surface area contributed by atoms with Crippen molar-refractivity contribution in [2.24, 2.45) is 32.9 Å². The summed E-state index contributed by atoms with van der Waals surface area (Å²) < 4.78 is 17.6. The van der Waals surface area contributed by atoms with Crippen LogP contribution in [0, 0.1) is 0 Å². The maximum atomic E-state index is 6.36. The van der Waals surface area contributed by atoms with Gasteiger partial charge in [0, 0.05) is 109 Å². The highest BCUT2D eigenvalue weighted by molar-refractivity contribution is 6.31. The van der Waals surface area contributed by atoms with E-state index >= 15 is 0 Å². The Labute approximate surface area is 388 Å². The molecule has 65 heavy (non-hydrogen) atoms. The van der Waals surface area contributed by atoms with Crippen molar-refractivity contribution < 1.29 is 14.2 Å². The van der Waals surface area contributed by atoms with Crippen molar-refractivity contribution in [3.05, 3.63) is 95.0 Å². The lowest BCUT2D eigenvalue weighted by Gasteiger charge is -2.36. The van der Waals surface area contributed by atoms with E-state index in [4.69, 9.17) is 60.3 Å². The summed E-state index contributed by atoms with van der Waals surface area (Å²) in [5.41, 5.74) is 29.5. The van der Waals surface area contributed by atoms with Crippen LogP contribution in [0.1, 0.15) is 0 Å². The quantitative estimate of drug-likeness (QED) is 0.0505. The number of piperazine rings is 2. The fourth-order valence-corrected chi connectivity index (χ4v) is 8.38. The molecule has 2 saturated heterocycles. The summed E-state index contributed by atoms with van der Waals surface area (Å²) >= 11 is 12.7. The van der Waals surface area contributed by atoms with Crippen LogP contribution in [0.2, 0.25) is 10.0 Å². The van der Waals surface area contributed by atoms with Gasteiger partial charge in [0.15, 0.2) is 11.9 Å². The molecule has 8 rings (SSSR count). The van der Waals surface area contributed by atoms with Crippen LogP contribution in [0.15, 0.2) is 94.9 Å². The molecule has 0 radical (unpaired) electrons. The topological polar surface area (TPSA) is 221 Å². The molecule has 0 amide bonds. The molecule has 4 heterocycles. The molecule has 0 saturated carbocycles. The second kappa shape index (κ2) is 21.8. The van der Waals surface area contributed by atoms with Gasteiger partial charge in [-0.2, -0.15) is 9.98 Å². The Balaban J connectivity index is 0.690. The van der Waals surface area contributed by atoms with Crippen molar-refractivity contribution in [2.75, 3.05) is 115 Å². The molecule has 340 valence electrons. The van der Waals surface area contributed by atoms with Crippen LogP contribution in [-0.2, 0) is 14.2 Å². The van der Waals surface area contributed by atoms with Crippen molar-refractivity contribution in [1.82, 2.24) is 29.7 Å². The summed E-state index contributed by atoms with van der Waals surface area (Å²) in [4.78, 5) is 36.2. The van der Waals surface area contributed by atoms with Gasteiger partial charge in [0.25, 0.3) is 11.9 Å². The molecule has 17 nitrogen and oxygen atoms in total. The third-order valence-corrected chi connectivity index (χ3v) is 11.8. The van der Waals surface area contributed by atoms with Crippen molar-refractivity contribution in [3.63, 3.8) is 0 Å². The van der Waals surface area contributed by atoms with Crippen LogP contribution in [0.25, 0.3) is 44.3 Å². The third kappa shape index (κ3) is 12.3. The Kier molecular flexibility index (Phi) is 15.3. The molecule has 0 aliphatic carbocycles. The minimum absolute atomic E-state index is 0.101. The Morgan fingerprint density at radius 1 is 0.492 bits per heavy atom. The fourth-order valence-electron chi connectivity index (χ4n) is 8.04. The second-order valence-corrected chi connectivity index (χ2v) is 16.6. The van der Waals surface area contributed by atoms with Gasteiger partial charge in [0.05, 0.1) is 62.1 Å². The number of halogens is 2. The molecule has 6 aromatic rings. The summed E-state index contributed by atoms with van der Waals surface area (Å²) in [6.07, 6.45) is 0. The van der Waals surface area contributed by atoms with Crippen LogP contribution >= 0.6 is 23.2 Å². The summed E-state index contributed by atoms with van der Waals surface area (Å²) in [5.74, 6) is 0.205. The number of nitrogens with two attached hydrogens (primary N) is 4. The lowest BCUT2D eigenvalue weighted by atomic mass is 10.1. The standard InChI is InChI=1S/C46H54Cl2N14O3/c47-33-7-9-39-37(29-33)41(55-45(53-39)57-43(49)50)31-3-1-5-35(27-31)61-15-11-59(12-16-61)19-21-63-23-25-65-26-24-64-22-20-60-13-17-62(18-14-60)36-6-2-4-32(28-36)42-38-30-34(48)8-10-40(38)54-46(56-42)58-44(51)52/h1-10,27-30H,11-26H2,(H4,49,50,53,55,57)(H4,51,52,54,56,58). The number of benzene rings is 4. The predicted octanol–water partition coefficient (Wildman–Crippen LogP) is 5.02. The Morgan fingerprint density at radius 3 is 1.29 bits per heavy atom. The Bertz CT molecular complexity index is 2450. The number of ether oxygens (including phenoxy) is 3. The number of anilines is 2. The second-order valence-electron chi connectivity index (χ2n) is 15.7.